The molecule has 0 spiro atoms. The molecule has 0 unspecified atom stereocenters. The highest BCUT2D eigenvalue weighted by atomic mass is 79.9. The molecule has 0 aliphatic heterocycles. The first-order chi connectivity index (χ1) is 10.1. The van der Waals surface area contributed by atoms with Crippen LogP contribution < -0.4 is 10.6 Å². The van der Waals surface area contributed by atoms with Gasteiger partial charge in [0, 0.05) is 29.0 Å². The topological polar surface area (TPSA) is 91.3 Å². The molecule has 1 heterocycles. The summed E-state index contributed by atoms with van der Waals surface area (Å²) >= 11 is 3.35. The summed E-state index contributed by atoms with van der Waals surface area (Å²) in [6.45, 7) is 0.307. The van der Waals surface area contributed by atoms with Gasteiger partial charge in [-0.3, -0.25) is 9.78 Å². The Morgan fingerprint density at radius 1 is 1.33 bits per heavy atom. The molecule has 0 atom stereocenters. The molecule has 1 aromatic carbocycles. The summed E-state index contributed by atoms with van der Waals surface area (Å²) in [6.07, 6.45) is 2.09. The van der Waals surface area contributed by atoms with E-state index >= 15 is 0 Å². The first-order valence-corrected chi connectivity index (χ1v) is 7.16. The van der Waals surface area contributed by atoms with Crippen molar-refractivity contribution in [3.8, 4) is 0 Å². The van der Waals surface area contributed by atoms with E-state index in [9.17, 15) is 9.59 Å². The van der Waals surface area contributed by atoms with Crippen molar-refractivity contribution in [2.24, 2.45) is 0 Å². The summed E-state index contributed by atoms with van der Waals surface area (Å²) in [7, 11) is 0. The highest BCUT2D eigenvalue weighted by Crippen LogP contribution is 2.23. The fourth-order valence-corrected chi connectivity index (χ4v) is 2.19. The number of aromatic nitrogens is 1. The van der Waals surface area contributed by atoms with Crippen molar-refractivity contribution >= 4 is 44.5 Å². The van der Waals surface area contributed by atoms with Gasteiger partial charge in [0.1, 0.15) is 0 Å². The van der Waals surface area contributed by atoms with E-state index in [0.717, 1.165) is 9.86 Å². The highest BCUT2D eigenvalue weighted by molar-refractivity contribution is 9.10. The van der Waals surface area contributed by atoms with Gasteiger partial charge in [-0.15, -0.1) is 0 Å². The van der Waals surface area contributed by atoms with Crippen molar-refractivity contribution in [2.45, 2.75) is 12.8 Å². The second-order valence-corrected chi connectivity index (χ2v) is 5.32. The van der Waals surface area contributed by atoms with E-state index in [2.05, 4.69) is 31.5 Å². The molecular formula is C14H14BrN3O3. The van der Waals surface area contributed by atoms with Crippen molar-refractivity contribution in [1.29, 1.82) is 0 Å². The molecule has 21 heavy (non-hydrogen) atoms. The van der Waals surface area contributed by atoms with Crippen LogP contribution in [0.5, 0.6) is 0 Å². The second-order valence-electron chi connectivity index (χ2n) is 4.41. The number of rotatable bonds is 5. The maximum Gasteiger partial charge on any atom is 0.319 e. The van der Waals surface area contributed by atoms with Gasteiger partial charge in [0.05, 0.1) is 11.2 Å². The van der Waals surface area contributed by atoms with Gasteiger partial charge < -0.3 is 15.7 Å². The van der Waals surface area contributed by atoms with Gasteiger partial charge in [0.25, 0.3) is 0 Å². The van der Waals surface area contributed by atoms with Crippen LogP contribution in [0.25, 0.3) is 10.9 Å². The van der Waals surface area contributed by atoms with Crippen LogP contribution in [0.3, 0.4) is 0 Å². The van der Waals surface area contributed by atoms with Gasteiger partial charge in [0.15, 0.2) is 0 Å². The average Bonchev–Trinajstić information content (AvgIpc) is 2.43. The Morgan fingerprint density at radius 2 is 2.14 bits per heavy atom. The van der Waals surface area contributed by atoms with E-state index < -0.39 is 5.97 Å². The smallest absolute Gasteiger partial charge is 0.319 e. The number of anilines is 1. The number of pyridine rings is 1. The van der Waals surface area contributed by atoms with Gasteiger partial charge in [-0.25, -0.2) is 4.79 Å². The number of carbonyl (C=O) groups excluding carboxylic acids is 1. The lowest BCUT2D eigenvalue weighted by Gasteiger charge is -2.09. The standard InChI is InChI=1S/C14H14BrN3O3/c15-10-7-9-3-1-4-11(13(9)17-8-10)18-14(21)16-6-2-5-12(19)20/h1,3-4,7-8H,2,5-6H2,(H,19,20)(H2,16,18,21). The van der Waals surface area contributed by atoms with E-state index in [4.69, 9.17) is 5.11 Å². The number of nitrogens with one attached hydrogen (secondary N) is 2. The highest BCUT2D eigenvalue weighted by Gasteiger charge is 2.07. The van der Waals surface area contributed by atoms with E-state index in [1.807, 2.05) is 18.2 Å². The Bertz CT molecular complexity index is 676. The number of nitrogens with zero attached hydrogens (tertiary/aromatic N) is 1. The van der Waals surface area contributed by atoms with Crippen LogP contribution in [0.2, 0.25) is 0 Å². The Morgan fingerprint density at radius 3 is 2.90 bits per heavy atom. The molecule has 0 radical (unpaired) electrons. The third-order valence-corrected chi connectivity index (χ3v) is 3.21. The summed E-state index contributed by atoms with van der Waals surface area (Å²) in [5.41, 5.74) is 1.30. The quantitative estimate of drug-likeness (QED) is 0.722. The Labute approximate surface area is 129 Å². The first kappa shape index (κ1) is 15.2. The fourth-order valence-electron chi connectivity index (χ4n) is 1.84. The summed E-state index contributed by atoms with van der Waals surface area (Å²) in [5.74, 6) is -0.874. The third-order valence-electron chi connectivity index (χ3n) is 2.78. The maximum absolute atomic E-state index is 11.8. The molecule has 7 heteroatoms. The number of carboxylic acids is 1. The minimum Gasteiger partial charge on any atom is -0.481 e. The Kier molecular flexibility index (Phi) is 5.10. The molecule has 110 valence electrons. The van der Waals surface area contributed by atoms with Crippen LogP contribution in [-0.2, 0) is 4.79 Å². The summed E-state index contributed by atoms with van der Waals surface area (Å²) in [5, 5.41) is 14.8. The van der Waals surface area contributed by atoms with Crippen LogP contribution in [0.4, 0.5) is 10.5 Å². The van der Waals surface area contributed by atoms with Crippen molar-refractivity contribution in [3.05, 3.63) is 34.9 Å². The number of halogens is 1. The predicted molar refractivity (Wildman–Crippen MR) is 83.3 cm³/mol. The predicted octanol–water partition coefficient (Wildman–Crippen LogP) is 2.98. The van der Waals surface area contributed by atoms with Crippen LogP contribution in [0.1, 0.15) is 12.8 Å². The van der Waals surface area contributed by atoms with Gasteiger partial charge in [-0.1, -0.05) is 12.1 Å². The Hall–Kier alpha value is -2.15. The number of amides is 2. The number of hydrogen-bond donors (Lipinski definition) is 3. The zero-order chi connectivity index (χ0) is 15.2. The SMILES string of the molecule is O=C(O)CCCNC(=O)Nc1cccc2cc(Br)cnc12. The minimum absolute atomic E-state index is 0.0319. The molecule has 2 amide bonds. The molecule has 2 aromatic rings. The van der Waals surface area contributed by atoms with Crippen LogP contribution in [0.15, 0.2) is 34.9 Å². The van der Waals surface area contributed by atoms with Crippen molar-refractivity contribution < 1.29 is 14.7 Å². The van der Waals surface area contributed by atoms with Crippen LogP contribution in [0, 0.1) is 0 Å². The van der Waals surface area contributed by atoms with Crippen molar-refractivity contribution in [2.75, 3.05) is 11.9 Å². The normalized spacial score (nSPS) is 10.3. The lowest BCUT2D eigenvalue weighted by molar-refractivity contribution is -0.137. The van der Waals surface area contributed by atoms with Gasteiger partial charge >= 0.3 is 12.0 Å². The number of urea groups is 1. The summed E-state index contributed by atoms with van der Waals surface area (Å²) < 4.78 is 0.866. The van der Waals surface area contributed by atoms with Crippen LogP contribution >= 0.6 is 15.9 Å². The van der Waals surface area contributed by atoms with Gasteiger partial charge in [0.2, 0.25) is 0 Å². The monoisotopic (exact) mass is 351 g/mol. The number of aliphatic carboxylic acids is 1. The van der Waals surface area contributed by atoms with E-state index in [0.29, 0.717) is 24.2 Å². The maximum atomic E-state index is 11.8. The lowest BCUT2D eigenvalue weighted by Crippen LogP contribution is -2.29. The molecule has 0 bridgehead atoms. The van der Waals surface area contributed by atoms with Gasteiger partial charge in [-0.2, -0.15) is 0 Å². The number of carboxylic acid groups (broad SMARTS) is 1. The minimum atomic E-state index is -0.874. The molecule has 0 fully saturated rings. The number of fused-ring (bicyclic) bond motifs is 1. The second kappa shape index (κ2) is 7.03. The molecular weight excluding hydrogens is 338 g/mol. The van der Waals surface area contributed by atoms with Crippen LogP contribution in [-0.4, -0.2) is 28.6 Å². The number of para-hydroxylation sites is 1. The third kappa shape index (κ3) is 4.42. The molecule has 0 saturated carbocycles. The molecule has 1 aromatic heterocycles. The number of benzene rings is 1. The van der Waals surface area contributed by atoms with Crippen molar-refractivity contribution in [3.63, 3.8) is 0 Å². The van der Waals surface area contributed by atoms with E-state index in [1.54, 1.807) is 12.3 Å². The summed E-state index contributed by atoms with van der Waals surface area (Å²) in [6, 6.07) is 7.04. The molecule has 2 rings (SSSR count). The number of hydrogen-bond acceptors (Lipinski definition) is 3. The molecule has 0 aliphatic carbocycles. The molecule has 0 aliphatic rings. The summed E-state index contributed by atoms with van der Waals surface area (Å²) in [4.78, 5) is 26.4. The number of carbonyl (C=O) groups is 2. The average molecular weight is 352 g/mol. The first-order valence-electron chi connectivity index (χ1n) is 6.37. The zero-order valence-corrected chi connectivity index (χ0v) is 12.7. The largest absolute Gasteiger partial charge is 0.481 e. The Balaban J connectivity index is 1.99. The van der Waals surface area contributed by atoms with Crippen molar-refractivity contribution in [1.82, 2.24) is 10.3 Å². The lowest BCUT2D eigenvalue weighted by atomic mass is 10.2. The van der Waals surface area contributed by atoms with E-state index in [-0.39, 0.29) is 12.5 Å². The molecule has 3 N–H and O–H groups in total. The molecule has 6 nitrogen and oxygen atoms in total. The van der Waals surface area contributed by atoms with E-state index in [1.165, 1.54) is 0 Å². The molecule has 0 saturated heterocycles. The zero-order valence-electron chi connectivity index (χ0n) is 11.1. The van der Waals surface area contributed by atoms with Gasteiger partial charge in [-0.05, 0) is 34.5 Å². The fraction of sp³-hybridized carbons (Fsp3) is 0.214.